The Morgan fingerprint density at radius 2 is 1.72 bits per heavy atom. The average Bonchev–Trinajstić information content (AvgIpc) is 3.10. The molecule has 0 spiro atoms. The molecule has 2 heterocycles. The van der Waals surface area contributed by atoms with E-state index in [0.717, 1.165) is 38.4 Å². The Kier molecular flexibility index (Phi) is 8.39. The molecule has 1 aromatic heterocycles. The molecule has 1 amide bonds. The largest absolute Gasteiger partial charge is 0.391 e. The lowest BCUT2D eigenvalue weighted by atomic mass is 9.87. The first-order chi connectivity index (χ1) is 17.3. The monoisotopic (exact) mass is 486 g/mol. The fraction of sp³-hybridized carbons (Fsp3) is 0.400. The molecule has 0 saturated carbocycles. The molecular formula is C30H38N4O2. The second kappa shape index (κ2) is 11.7. The highest BCUT2D eigenvalue weighted by atomic mass is 16.3. The molecule has 1 atom stereocenters. The molecular weight excluding hydrogens is 448 g/mol. The summed E-state index contributed by atoms with van der Waals surface area (Å²) in [5.41, 5.74) is 3.74. The minimum absolute atomic E-state index is 0.0566. The lowest BCUT2D eigenvalue weighted by molar-refractivity contribution is 0.102. The van der Waals surface area contributed by atoms with E-state index < -0.39 is 0 Å². The van der Waals surface area contributed by atoms with Gasteiger partial charge in [-0.05, 0) is 60.2 Å². The summed E-state index contributed by atoms with van der Waals surface area (Å²) in [6, 6.07) is 21.8. The maximum atomic E-state index is 12.7. The minimum Gasteiger partial charge on any atom is -0.391 e. The van der Waals surface area contributed by atoms with E-state index >= 15 is 0 Å². The first kappa shape index (κ1) is 25.9. The molecule has 190 valence electrons. The van der Waals surface area contributed by atoms with Crippen LogP contribution in [0.5, 0.6) is 0 Å². The number of aromatic nitrogens is 1. The summed E-state index contributed by atoms with van der Waals surface area (Å²) in [6.45, 7) is 10.8. The third kappa shape index (κ3) is 7.15. The molecule has 2 aromatic carbocycles. The number of benzene rings is 2. The highest BCUT2D eigenvalue weighted by Gasteiger charge is 2.19. The molecule has 4 rings (SSSR count). The third-order valence-corrected chi connectivity index (χ3v) is 6.71. The van der Waals surface area contributed by atoms with Crippen LogP contribution < -0.4 is 10.2 Å². The molecule has 0 bridgehead atoms. The van der Waals surface area contributed by atoms with Crippen molar-refractivity contribution in [3.63, 3.8) is 0 Å². The number of anilines is 2. The molecule has 1 saturated heterocycles. The number of rotatable bonds is 7. The van der Waals surface area contributed by atoms with Crippen LogP contribution in [-0.2, 0) is 11.8 Å². The lowest BCUT2D eigenvalue weighted by Gasteiger charge is -2.24. The van der Waals surface area contributed by atoms with Gasteiger partial charge >= 0.3 is 0 Å². The van der Waals surface area contributed by atoms with Gasteiger partial charge in [0.25, 0.3) is 5.91 Å². The van der Waals surface area contributed by atoms with Gasteiger partial charge in [-0.3, -0.25) is 9.69 Å². The normalized spacial score (nSPS) is 15.8. The number of nitrogens with zero attached hydrogens (tertiary/aromatic N) is 3. The topological polar surface area (TPSA) is 68.7 Å². The molecule has 0 aliphatic carbocycles. The standard InChI is InChI=1S/C30H38N4O2/c1-30(2,3)25-12-10-24(11-13-25)29(36)32-26-14-15-28(31-21-26)34-17-7-16-33(18-19-34)22-27(35)20-23-8-5-4-6-9-23/h4-6,8-15,21,27,35H,7,16-20,22H2,1-3H3,(H,32,36)/t27-/m1/s1. The summed E-state index contributed by atoms with van der Waals surface area (Å²) in [7, 11) is 0. The molecule has 1 aliphatic rings. The number of aliphatic hydroxyl groups is 1. The van der Waals surface area contributed by atoms with Crippen LogP contribution in [0.15, 0.2) is 72.9 Å². The van der Waals surface area contributed by atoms with Crippen LogP contribution in [0.4, 0.5) is 11.5 Å². The van der Waals surface area contributed by atoms with Crippen molar-refractivity contribution in [2.75, 3.05) is 42.9 Å². The van der Waals surface area contributed by atoms with Crippen molar-refractivity contribution in [3.8, 4) is 0 Å². The highest BCUT2D eigenvalue weighted by Crippen LogP contribution is 2.23. The predicted octanol–water partition coefficient (Wildman–Crippen LogP) is 4.75. The highest BCUT2D eigenvalue weighted by molar-refractivity contribution is 6.04. The van der Waals surface area contributed by atoms with Crippen molar-refractivity contribution in [2.24, 2.45) is 0 Å². The molecule has 2 N–H and O–H groups in total. The second-order valence-corrected chi connectivity index (χ2v) is 10.7. The number of β-amino-alcohol motifs (C(OH)–C–C–N with tert-alkyl or cyclic N) is 1. The Hall–Kier alpha value is -3.22. The van der Waals surface area contributed by atoms with E-state index in [2.05, 4.69) is 53.0 Å². The molecule has 3 aromatic rings. The molecule has 0 unspecified atom stereocenters. The van der Waals surface area contributed by atoms with Crippen molar-refractivity contribution in [1.29, 1.82) is 0 Å². The summed E-state index contributed by atoms with van der Waals surface area (Å²) in [6.07, 6.45) is 3.05. The molecule has 6 heteroatoms. The summed E-state index contributed by atoms with van der Waals surface area (Å²) in [5, 5.41) is 13.5. The van der Waals surface area contributed by atoms with Gasteiger partial charge in [0.15, 0.2) is 0 Å². The van der Waals surface area contributed by atoms with Crippen LogP contribution in [0.2, 0.25) is 0 Å². The van der Waals surface area contributed by atoms with E-state index in [0.29, 0.717) is 24.2 Å². The molecule has 36 heavy (non-hydrogen) atoms. The van der Waals surface area contributed by atoms with Gasteiger partial charge in [-0.25, -0.2) is 4.98 Å². The number of amides is 1. The van der Waals surface area contributed by atoms with Gasteiger partial charge in [-0.1, -0.05) is 63.2 Å². The minimum atomic E-state index is -0.371. The predicted molar refractivity (Wildman–Crippen MR) is 147 cm³/mol. The first-order valence-corrected chi connectivity index (χ1v) is 12.9. The van der Waals surface area contributed by atoms with Gasteiger partial charge in [0, 0.05) is 31.7 Å². The van der Waals surface area contributed by atoms with Gasteiger partial charge in [0.1, 0.15) is 5.82 Å². The average molecular weight is 487 g/mol. The van der Waals surface area contributed by atoms with Crippen LogP contribution in [0.3, 0.4) is 0 Å². The fourth-order valence-electron chi connectivity index (χ4n) is 4.60. The van der Waals surface area contributed by atoms with Gasteiger partial charge in [-0.2, -0.15) is 0 Å². The Balaban J connectivity index is 1.28. The second-order valence-electron chi connectivity index (χ2n) is 10.7. The number of aliphatic hydroxyl groups excluding tert-OH is 1. The molecule has 6 nitrogen and oxygen atoms in total. The fourth-order valence-corrected chi connectivity index (χ4v) is 4.60. The smallest absolute Gasteiger partial charge is 0.255 e. The molecule has 1 aliphatic heterocycles. The Labute approximate surface area is 215 Å². The third-order valence-electron chi connectivity index (χ3n) is 6.71. The van der Waals surface area contributed by atoms with Crippen molar-refractivity contribution < 1.29 is 9.90 Å². The Bertz CT molecular complexity index is 1110. The van der Waals surface area contributed by atoms with Crippen LogP contribution in [0.1, 0.15) is 48.7 Å². The zero-order valence-corrected chi connectivity index (χ0v) is 21.7. The summed E-state index contributed by atoms with van der Waals surface area (Å²) >= 11 is 0. The number of carbonyl (C=O) groups is 1. The van der Waals surface area contributed by atoms with E-state index in [-0.39, 0.29) is 17.4 Å². The zero-order valence-electron chi connectivity index (χ0n) is 21.7. The lowest BCUT2D eigenvalue weighted by Crippen LogP contribution is -2.36. The van der Waals surface area contributed by atoms with Gasteiger partial charge in [0.05, 0.1) is 18.0 Å². The number of nitrogens with one attached hydrogen (secondary N) is 1. The molecule has 1 fully saturated rings. The Morgan fingerprint density at radius 3 is 2.39 bits per heavy atom. The maximum absolute atomic E-state index is 12.7. The van der Waals surface area contributed by atoms with Crippen molar-refractivity contribution >= 4 is 17.4 Å². The van der Waals surface area contributed by atoms with Crippen LogP contribution in [-0.4, -0.2) is 59.7 Å². The van der Waals surface area contributed by atoms with E-state index in [4.69, 9.17) is 0 Å². The number of carbonyl (C=O) groups excluding carboxylic acids is 1. The van der Waals surface area contributed by atoms with Crippen LogP contribution >= 0.6 is 0 Å². The maximum Gasteiger partial charge on any atom is 0.255 e. The quantitative estimate of drug-likeness (QED) is 0.505. The van der Waals surface area contributed by atoms with E-state index in [1.165, 1.54) is 11.1 Å². The summed E-state index contributed by atoms with van der Waals surface area (Å²) in [4.78, 5) is 21.9. The summed E-state index contributed by atoms with van der Waals surface area (Å²) < 4.78 is 0. The number of pyridine rings is 1. The van der Waals surface area contributed by atoms with Gasteiger partial charge in [-0.15, -0.1) is 0 Å². The summed E-state index contributed by atoms with van der Waals surface area (Å²) in [5.74, 6) is 0.777. The van der Waals surface area contributed by atoms with Crippen molar-refractivity contribution in [1.82, 2.24) is 9.88 Å². The van der Waals surface area contributed by atoms with Gasteiger partial charge in [0.2, 0.25) is 0 Å². The van der Waals surface area contributed by atoms with E-state index in [1.807, 2.05) is 54.6 Å². The van der Waals surface area contributed by atoms with Crippen LogP contribution in [0.25, 0.3) is 0 Å². The zero-order chi connectivity index (χ0) is 25.5. The van der Waals surface area contributed by atoms with Crippen molar-refractivity contribution in [3.05, 3.63) is 89.6 Å². The number of hydrogen-bond acceptors (Lipinski definition) is 5. The van der Waals surface area contributed by atoms with E-state index in [1.54, 1.807) is 6.20 Å². The van der Waals surface area contributed by atoms with Crippen molar-refractivity contribution in [2.45, 2.75) is 45.1 Å². The first-order valence-electron chi connectivity index (χ1n) is 12.9. The molecule has 0 radical (unpaired) electrons. The van der Waals surface area contributed by atoms with Crippen LogP contribution in [0, 0.1) is 0 Å². The Morgan fingerprint density at radius 1 is 0.972 bits per heavy atom. The van der Waals surface area contributed by atoms with Gasteiger partial charge < -0.3 is 15.3 Å². The number of hydrogen-bond donors (Lipinski definition) is 2. The van der Waals surface area contributed by atoms with E-state index in [9.17, 15) is 9.90 Å². The SMILES string of the molecule is CC(C)(C)c1ccc(C(=O)Nc2ccc(N3CCCN(C[C@H](O)Cc4ccccc4)CC3)nc2)cc1.